The van der Waals surface area contributed by atoms with Gasteiger partial charge in [0.2, 0.25) is 0 Å². The number of fused-ring (bicyclic) bond motifs is 1. The maximum absolute atomic E-state index is 6.34. The van der Waals surface area contributed by atoms with E-state index in [9.17, 15) is 0 Å². The number of hydrogen-bond acceptors (Lipinski definition) is 3. The molecular weight excluding hydrogens is 338 g/mol. The second-order valence-corrected chi connectivity index (χ2v) is 5.74. The lowest BCUT2D eigenvalue weighted by Gasteiger charge is -2.10. The first-order valence-electron chi connectivity index (χ1n) is 6.07. The Morgan fingerprint density at radius 3 is 2.75 bits per heavy atom. The number of nitrogens with two attached hydrogens (primary N) is 1. The monoisotopic (exact) mass is 347 g/mol. The summed E-state index contributed by atoms with van der Waals surface area (Å²) in [5.41, 5.74) is 9.24. The lowest BCUT2D eigenvalue weighted by atomic mass is 10.0. The first-order valence-corrected chi connectivity index (χ1v) is 7.24. The summed E-state index contributed by atoms with van der Waals surface area (Å²) >= 11 is 9.82. The zero-order valence-corrected chi connectivity index (χ0v) is 12.8. The highest BCUT2D eigenvalue weighted by molar-refractivity contribution is 9.10. The van der Waals surface area contributed by atoms with Gasteiger partial charge in [-0.15, -0.1) is 0 Å². The zero-order chi connectivity index (χ0) is 14.1. The Kier molecular flexibility index (Phi) is 3.59. The van der Waals surface area contributed by atoms with Crippen LogP contribution in [0.2, 0.25) is 5.02 Å². The molecule has 1 aliphatic heterocycles. The molecule has 20 heavy (non-hydrogen) atoms. The Balaban J connectivity index is 2.24. The van der Waals surface area contributed by atoms with E-state index in [2.05, 4.69) is 25.9 Å². The predicted octanol–water partition coefficient (Wildman–Crippen LogP) is 3.94. The number of halogens is 2. The van der Waals surface area contributed by atoms with E-state index in [0.717, 1.165) is 27.0 Å². The Morgan fingerprint density at radius 2 is 1.95 bits per heavy atom. The first kappa shape index (κ1) is 13.3. The molecule has 3 rings (SSSR count). The van der Waals surface area contributed by atoms with E-state index in [1.807, 2.05) is 42.5 Å². The van der Waals surface area contributed by atoms with Crippen molar-refractivity contribution in [2.45, 2.75) is 0 Å². The number of benzene rings is 2. The fraction of sp³-hybridized carbons (Fsp3) is 0.0667. The second-order valence-electron chi connectivity index (χ2n) is 4.41. The van der Waals surface area contributed by atoms with Crippen LogP contribution >= 0.6 is 27.5 Å². The van der Waals surface area contributed by atoms with E-state index in [1.165, 1.54) is 0 Å². The van der Waals surface area contributed by atoms with Crippen LogP contribution in [0.15, 0.2) is 56.9 Å². The normalized spacial score (nSPS) is 14.1. The van der Waals surface area contributed by atoms with E-state index < -0.39 is 0 Å². The maximum Gasteiger partial charge on any atom is 0.121 e. The minimum absolute atomic E-state index is 0.368. The van der Waals surface area contributed by atoms with Gasteiger partial charge in [-0.3, -0.25) is 4.99 Å². The molecule has 0 spiro atoms. The molecule has 0 radical (unpaired) electrons. The second kappa shape index (κ2) is 5.38. The number of hydrogen-bond donors (Lipinski definition) is 1. The summed E-state index contributed by atoms with van der Waals surface area (Å²) in [4.78, 5) is 8.96. The van der Waals surface area contributed by atoms with E-state index in [4.69, 9.17) is 17.3 Å². The van der Waals surface area contributed by atoms with Gasteiger partial charge < -0.3 is 5.73 Å². The van der Waals surface area contributed by atoms with Crippen LogP contribution in [0.1, 0.15) is 11.1 Å². The third-order valence-corrected chi connectivity index (χ3v) is 3.80. The van der Waals surface area contributed by atoms with E-state index in [0.29, 0.717) is 17.4 Å². The van der Waals surface area contributed by atoms with Crippen LogP contribution in [-0.2, 0) is 0 Å². The van der Waals surface area contributed by atoms with Crippen LogP contribution in [0.4, 0.5) is 5.69 Å². The highest BCUT2D eigenvalue weighted by Crippen LogP contribution is 2.31. The first-order chi connectivity index (χ1) is 9.65. The minimum atomic E-state index is 0.368. The molecule has 0 atom stereocenters. The van der Waals surface area contributed by atoms with E-state index in [-0.39, 0.29) is 0 Å². The minimum Gasteiger partial charge on any atom is -0.386 e. The van der Waals surface area contributed by atoms with Crippen molar-refractivity contribution in [1.29, 1.82) is 0 Å². The molecule has 0 fully saturated rings. The maximum atomic E-state index is 6.34. The van der Waals surface area contributed by atoms with Gasteiger partial charge in [0.25, 0.3) is 0 Å². The number of aliphatic imine (C=N–C) groups is 2. The van der Waals surface area contributed by atoms with Crippen LogP contribution in [0, 0.1) is 0 Å². The van der Waals surface area contributed by atoms with Crippen molar-refractivity contribution in [3.05, 3.63) is 63.1 Å². The fourth-order valence-corrected chi connectivity index (χ4v) is 2.80. The molecule has 0 aromatic heterocycles. The summed E-state index contributed by atoms with van der Waals surface area (Å²) < 4.78 is 0.990. The molecule has 2 N–H and O–H groups in total. The van der Waals surface area contributed by atoms with Crippen molar-refractivity contribution in [2.24, 2.45) is 15.7 Å². The van der Waals surface area contributed by atoms with Crippen LogP contribution in [0.5, 0.6) is 0 Å². The van der Waals surface area contributed by atoms with Crippen molar-refractivity contribution in [1.82, 2.24) is 0 Å². The molecule has 0 unspecified atom stereocenters. The van der Waals surface area contributed by atoms with Crippen molar-refractivity contribution >= 4 is 44.8 Å². The summed E-state index contributed by atoms with van der Waals surface area (Å²) in [5.74, 6) is 0.485. The highest BCUT2D eigenvalue weighted by Gasteiger charge is 2.18. The topological polar surface area (TPSA) is 50.7 Å². The largest absolute Gasteiger partial charge is 0.386 e. The van der Waals surface area contributed by atoms with Gasteiger partial charge in [0, 0.05) is 15.6 Å². The molecule has 0 bridgehead atoms. The standard InChI is InChI=1S/C15H11BrClN3/c16-10-4-1-3-9(7-10)15-14-11(17)5-2-6-12(14)20-13(18)8-19-15/h1-7H,8H2,(H2,18,20). The number of nitrogens with zero attached hydrogens (tertiary/aromatic N) is 2. The van der Waals surface area contributed by atoms with E-state index in [1.54, 1.807) is 0 Å². The fourth-order valence-electron chi connectivity index (χ4n) is 2.14. The van der Waals surface area contributed by atoms with Gasteiger partial charge in [-0.05, 0) is 24.3 Å². The number of amidine groups is 1. The van der Waals surface area contributed by atoms with Crippen LogP contribution in [0.25, 0.3) is 0 Å². The van der Waals surface area contributed by atoms with Gasteiger partial charge in [0.1, 0.15) is 5.84 Å². The quantitative estimate of drug-likeness (QED) is 0.833. The molecule has 0 saturated carbocycles. The summed E-state index contributed by atoms with van der Waals surface area (Å²) in [6, 6.07) is 13.5. The van der Waals surface area contributed by atoms with Gasteiger partial charge in [-0.1, -0.05) is 45.7 Å². The van der Waals surface area contributed by atoms with Crippen LogP contribution < -0.4 is 5.73 Å². The number of rotatable bonds is 1. The van der Waals surface area contributed by atoms with Gasteiger partial charge >= 0.3 is 0 Å². The molecule has 0 amide bonds. The third-order valence-electron chi connectivity index (χ3n) is 2.99. The third kappa shape index (κ3) is 2.49. The average molecular weight is 349 g/mol. The molecule has 2 aromatic rings. The summed E-state index contributed by atoms with van der Waals surface area (Å²) in [6.07, 6.45) is 0. The summed E-state index contributed by atoms with van der Waals surface area (Å²) in [7, 11) is 0. The smallest absolute Gasteiger partial charge is 0.121 e. The van der Waals surface area contributed by atoms with Crippen molar-refractivity contribution < 1.29 is 0 Å². The molecule has 100 valence electrons. The Labute approximate surface area is 130 Å². The van der Waals surface area contributed by atoms with Crippen molar-refractivity contribution in [3.63, 3.8) is 0 Å². The zero-order valence-electron chi connectivity index (χ0n) is 10.5. The molecule has 1 heterocycles. The highest BCUT2D eigenvalue weighted by atomic mass is 79.9. The molecule has 0 saturated heterocycles. The molecule has 5 heteroatoms. The van der Waals surface area contributed by atoms with Gasteiger partial charge in [-0.25, -0.2) is 4.99 Å². The summed E-state index contributed by atoms with van der Waals surface area (Å²) in [5, 5.41) is 0.625. The van der Waals surface area contributed by atoms with Gasteiger partial charge in [-0.2, -0.15) is 0 Å². The average Bonchev–Trinajstić information content (AvgIpc) is 2.58. The van der Waals surface area contributed by atoms with E-state index >= 15 is 0 Å². The Hall–Kier alpha value is -1.65. The molecule has 3 nitrogen and oxygen atoms in total. The van der Waals surface area contributed by atoms with Crippen molar-refractivity contribution in [3.8, 4) is 0 Å². The molecular formula is C15H11BrClN3. The van der Waals surface area contributed by atoms with Crippen LogP contribution in [-0.4, -0.2) is 18.1 Å². The predicted molar refractivity (Wildman–Crippen MR) is 87.4 cm³/mol. The SMILES string of the molecule is NC1=Nc2cccc(Cl)c2C(c2cccc(Br)c2)=NC1. The molecule has 2 aromatic carbocycles. The van der Waals surface area contributed by atoms with Crippen LogP contribution in [0.3, 0.4) is 0 Å². The lowest BCUT2D eigenvalue weighted by molar-refractivity contribution is 1.26. The Bertz CT molecular complexity index is 738. The molecule has 0 aliphatic carbocycles. The summed E-state index contributed by atoms with van der Waals surface area (Å²) in [6.45, 7) is 0.368. The van der Waals surface area contributed by atoms with Crippen molar-refractivity contribution in [2.75, 3.05) is 6.54 Å². The molecule has 1 aliphatic rings. The Morgan fingerprint density at radius 1 is 1.15 bits per heavy atom. The lowest BCUT2D eigenvalue weighted by Crippen LogP contribution is -2.14. The van der Waals surface area contributed by atoms with Gasteiger partial charge in [0.05, 0.1) is 23.0 Å². The van der Waals surface area contributed by atoms with Gasteiger partial charge in [0.15, 0.2) is 0 Å².